The number of nitrogens with zero attached hydrogens (tertiary/aromatic N) is 2. The molecule has 0 saturated carbocycles. The van der Waals surface area contributed by atoms with Crippen LogP contribution in [-0.2, 0) is 18.3 Å². The second-order valence-corrected chi connectivity index (χ2v) is 6.46. The molecule has 1 N–H and O–H groups in total. The Morgan fingerprint density at radius 2 is 1.96 bits per heavy atom. The summed E-state index contributed by atoms with van der Waals surface area (Å²) in [6.45, 7) is 2.49. The molecule has 0 aliphatic carbocycles. The zero-order valence-corrected chi connectivity index (χ0v) is 16.1. The van der Waals surface area contributed by atoms with E-state index in [1.807, 2.05) is 38.2 Å². The standard InChI is InChI=1S/C22H24FN3O2/c1-3-28-19-11-7-4-8-16(19)12-13-20(27)25-21(22-24-14-15-26(22)2)17-9-5-6-10-18(17)23/h4-11,14-15,21H,3,12-13H2,1-2H3,(H,25,27). The van der Waals surface area contributed by atoms with Crippen LogP contribution in [0.15, 0.2) is 60.9 Å². The summed E-state index contributed by atoms with van der Waals surface area (Å²) in [5, 5.41) is 2.94. The number of carbonyl (C=O) groups is 1. The van der Waals surface area contributed by atoms with Crippen molar-refractivity contribution in [1.82, 2.24) is 14.9 Å². The van der Waals surface area contributed by atoms with Gasteiger partial charge >= 0.3 is 0 Å². The van der Waals surface area contributed by atoms with E-state index in [0.717, 1.165) is 11.3 Å². The van der Waals surface area contributed by atoms with Crippen molar-refractivity contribution < 1.29 is 13.9 Å². The first-order valence-corrected chi connectivity index (χ1v) is 9.32. The third-order valence-corrected chi connectivity index (χ3v) is 4.53. The van der Waals surface area contributed by atoms with Crippen molar-refractivity contribution in [1.29, 1.82) is 0 Å². The number of carbonyl (C=O) groups excluding carboxylic acids is 1. The molecule has 1 heterocycles. The Morgan fingerprint density at radius 3 is 2.68 bits per heavy atom. The average molecular weight is 381 g/mol. The van der Waals surface area contributed by atoms with Crippen LogP contribution < -0.4 is 10.1 Å². The molecule has 146 valence electrons. The van der Waals surface area contributed by atoms with Gasteiger partial charge in [0.2, 0.25) is 5.91 Å². The number of halogens is 1. The molecule has 0 aliphatic rings. The molecule has 0 fully saturated rings. The van der Waals surface area contributed by atoms with Crippen molar-refractivity contribution in [3.8, 4) is 5.75 Å². The van der Waals surface area contributed by atoms with Crippen molar-refractivity contribution in [3.63, 3.8) is 0 Å². The molecular formula is C22H24FN3O2. The molecular weight excluding hydrogens is 357 g/mol. The van der Waals surface area contributed by atoms with E-state index in [0.29, 0.717) is 24.4 Å². The number of para-hydroxylation sites is 1. The van der Waals surface area contributed by atoms with Gasteiger partial charge in [-0.25, -0.2) is 9.37 Å². The molecule has 0 spiro atoms. The van der Waals surface area contributed by atoms with Crippen molar-refractivity contribution in [2.24, 2.45) is 7.05 Å². The molecule has 0 saturated heterocycles. The van der Waals surface area contributed by atoms with E-state index in [9.17, 15) is 9.18 Å². The van der Waals surface area contributed by atoms with Crippen LogP contribution in [0.25, 0.3) is 0 Å². The minimum Gasteiger partial charge on any atom is -0.494 e. The Labute approximate surface area is 164 Å². The lowest BCUT2D eigenvalue weighted by molar-refractivity contribution is -0.121. The van der Waals surface area contributed by atoms with Gasteiger partial charge in [0.05, 0.1) is 6.61 Å². The van der Waals surface area contributed by atoms with Crippen LogP contribution in [-0.4, -0.2) is 22.1 Å². The molecule has 3 rings (SSSR count). The summed E-state index contributed by atoms with van der Waals surface area (Å²) in [4.78, 5) is 17.0. The van der Waals surface area contributed by atoms with E-state index in [2.05, 4.69) is 10.3 Å². The molecule has 1 unspecified atom stereocenters. The molecule has 6 heteroatoms. The summed E-state index contributed by atoms with van der Waals surface area (Å²) in [5.74, 6) is 0.806. The SMILES string of the molecule is CCOc1ccccc1CCC(=O)NC(c1ccccc1F)c1nccn1C. The lowest BCUT2D eigenvalue weighted by Crippen LogP contribution is -2.31. The smallest absolute Gasteiger partial charge is 0.221 e. The summed E-state index contributed by atoms with van der Waals surface area (Å²) in [7, 11) is 1.82. The number of rotatable bonds is 8. The maximum absolute atomic E-state index is 14.4. The Kier molecular flexibility index (Phi) is 6.42. The number of aromatic nitrogens is 2. The highest BCUT2D eigenvalue weighted by Gasteiger charge is 2.23. The highest BCUT2D eigenvalue weighted by Crippen LogP contribution is 2.24. The third kappa shape index (κ3) is 4.57. The summed E-state index contributed by atoms with van der Waals surface area (Å²) in [6, 6.07) is 13.4. The van der Waals surface area contributed by atoms with Crippen LogP contribution in [0.1, 0.15) is 36.3 Å². The molecule has 3 aromatic rings. The number of benzene rings is 2. The van der Waals surface area contributed by atoms with Crippen LogP contribution in [0.3, 0.4) is 0 Å². The lowest BCUT2D eigenvalue weighted by Gasteiger charge is -2.20. The number of nitrogens with one attached hydrogen (secondary N) is 1. The van der Waals surface area contributed by atoms with Gasteiger partial charge in [-0.2, -0.15) is 0 Å². The predicted molar refractivity (Wildman–Crippen MR) is 106 cm³/mol. The zero-order valence-electron chi connectivity index (χ0n) is 16.1. The maximum Gasteiger partial charge on any atom is 0.221 e. The van der Waals surface area contributed by atoms with Crippen molar-refractivity contribution in [2.75, 3.05) is 6.61 Å². The average Bonchev–Trinajstić information content (AvgIpc) is 3.12. The molecule has 2 aromatic carbocycles. The predicted octanol–water partition coefficient (Wildman–Crippen LogP) is 3.80. The van der Waals surface area contributed by atoms with E-state index < -0.39 is 6.04 Å². The second-order valence-electron chi connectivity index (χ2n) is 6.46. The number of amides is 1. The van der Waals surface area contributed by atoms with Crippen molar-refractivity contribution >= 4 is 5.91 Å². The van der Waals surface area contributed by atoms with Gasteiger partial charge in [-0.1, -0.05) is 36.4 Å². The van der Waals surface area contributed by atoms with Crippen LogP contribution in [0.5, 0.6) is 5.75 Å². The molecule has 1 atom stereocenters. The summed E-state index contributed by atoms with van der Waals surface area (Å²) in [5.41, 5.74) is 1.36. The zero-order chi connectivity index (χ0) is 19.9. The summed E-state index contributed by atoms with van der Waals surface area (Å²) in [6.07, 6.45) is 4.20. The highest BCUT2D eigenvalue weighted by molar-refractivity contribution is 5.77. The summed E-state index contributed by atoms with van der Waals surface area (Å²) < 4.78 is 21.8. The number of imidazole rings is 1. The monoisotopic (exact) mass is 381 g/mol. The van der Waals surface area contributed by atoms with Gasteiger partial charge in [0.25, 0.3) is 0 Å². The first-order chi connectivity index (χ1) is 13.6. The van der Waals surface area contributed by atoms with Crippen LogP contribution >= 0.6 is 0 Å². The largest absolute Gasteiger partial charge is 0.494 e. The number of hydrogen-bond acceptors (Lipinski definition) is 3. The Hall–Kier alpha value is -3.15. The topological polar surface area (TPSA) is 56.1 Å². The molecule has 0 bridgehead atoms. The van der Waals surface area contributed by atoms with Gasteiger partial charge in [0.1, 0.15) is 23.4 Å². The summed E-state index contributed by atoms with van der Waals surface area (Å²) >= 11 is 0. The lowest BCUT2D eigenvalue weighted by atomic mass is 10.0. The van der Waals surface area contributed by atoms with Gasteiger partial charge < -0.3 is 14.6 Å². The van der Waals surface area contributed by atoms with Gasteiger partial charge in [0.15, 0.2) is 0 Å². The third-order valence-electron chi connectivity index (χ3n) is 4.53. The molecule has 1 amide bonds. The van der Waals surface area contributed by atoms with Crippen molar-refractivity contribution in [3.05, 3.63) is 83.7 Å². The van der Waals surface area contributed by atoms with E-state index in [1.54, 1.807) is 35.2 Å². The fraction of sp³-hybridized carbons (Fsp3) is 0.273. The van der Waals surface area contributed by atoms with Crippen LogP contribution in [0.4, 0.5) is 4.39 Å². The Bertz CT molecular complexity index is 939. The number of aryl methyl sites for hydroxylation is 2. The first kappa shape index (κ1) is 19.6. The van der Waals surface area contributed by atoms with E-state index in [-0.39, 0.29) is 18.1 Å². The Balaban J connectivity index is 1.76. The van der Waals surface area contributed by atoms with Gasteiger partial charge in [0, 0.05) is 31.4 Å². The second kappa shape index (κ2) is 9.17. The van der Waals surface area contributed by atoms with Crippen molar-refractivity contribution in [2.45, 2.75) is 25.8 Å². The normalized spacial score (nSPS) is 11.8. The maximum atomic E-state index is 14.4. The minimum absolute atomic E-state index is 0.178. The highest BCUT2D eigenvalue weighted by atomic mass is 19.1. The quantitative estimate of drug-likeness (QED) is 0.646. The fourth-order valence-corrected chi connectivity index (χ4v) is 3.13. The van der Waals surface area contributed by atoms with Gasteiger partial charge in [-0.15, -0.1) is 0 Å². The molecule has 1 aromatic heterocycles. The van der Waals surface area contributed by atoms with Crippen LogP contribution in [0, 0.1) is 5.82 Å². The molecule has 0 radical (unpaired) electrons. The first-order valence-electron chi connectivity index (χ1n) is 9.32. The Morgan fingerprint density at radius 1 is 1.21 bits per heavy atom. The van der Waals surface area contributed by atoms with Gasteiger partial charge in [-0.3, -0.25) is 4.79 Å². The van der Waals surface area contributed by atoms with E-state index >= 15 is 0 Å². The minimum atomic E-state index is -0.657. The van der Waals surface area contributed by atoms with E-state index in [1.165, 1.54) is 6.07 Å². The fourth-order valence-electron chi connectivity index (χ4n) is 3.13. The molecule has 5 nitrogen and oxygen atoms in total. The molecule has 28 heavy (non-hydrogen) atoms. The van der Waals surface area contributed by atoms with E-state index in [4.69, 9.17) is 4.74 Å². The van der Waals surface area contributed by atoms with Gasteiger partial charge in [-0.05, 0) is 31.0 Å². The molecule has 0 aliphatic heterocycles. The van der Waals surface area contributed by atoms with Crippen LogP contribution in [0.2, 0.25) is 0 Å². The number of hydrogen-bond donors (Lipinski definition) is 1. The number of ether oxygens (including phenoxy) is 1.